The minimum atomic E-state index is 0.754. The molecule has 0 amide bonds. The Morgan fingerprint density at radius 1 is 1.25 bits per heavy atom. The molecule has 0 spiro atoms. The third-order valence-corrected chi connectivity index (χ3v) is 3.96. The van der Waals surface area contributed by atoms with Crippen LogP contribution in [0.5, 0.6) is 0 Å². The molecule has 2 rings (SSSR count). The molecule has 0 unspecified atom stereocenters. The molecular weight excluding hydrogens is 268 g/mol. The molecule has 0 bridgehead atoms. The third-order valence-electron chi connectivity index (χ3n) is 3.03. The van der Waals surface area contributed by atoms with Gasteiger partial charge in [-0.25, -0.2) is 4.98 Å². The fourth-order valence-electron chi connectivity index (χ4n) is 1.89. The van der Waals surface area contributed by atoms with E-state index in [0.717, 1.165) is 24.7 Å². The van der Waals surface area contributed by atoms with Crippen LogP contribution in [0.25, 0.3) is 0 Å². The largest absolute Gasteiger partial charge is 0.352 e. The van der Waals surface area contributed by atoms with Crippen LogP contribution in [-0.4, -0.2) is 18.0 Å². The molecule has 5 heteroatoms. The van der Waals surface area contributed by atoms with Gasteiger partial charge in [0.15, 0.2) is 5.96 Å². The van der Waals surface area contributed by atoms with Crippen molar-refractivity contribution in [3.05, 3.63) is 51.5 Å². The van der Waals surface area contributed by atoms with Crippen LogP contribution in [0.4, 0.5) is 0 Å². The number of hydrogen-bond acceptors (Lipinski definition) is 3. The molecule has 0 saturated heterocycles. The Labute approximate surface area is 124 Å². The Morgan fingerprint density at radius 2 is 2.05 bits per heavy atom. The quantitative estimate of drug-likeness (QED) is 0.671. The molecule has 1 aromatic heterocycles. The lowest BCUT2D eigenvalue weighted by molar-refractivity contribution is 0.811. The molecule has 0 radical (unpaired) electrons. The molecule has 20 heavy (non-hydrogen) atoms. The van der Waals surface area contributed by atoms with Crippen LogP contribution in [0.2, 0.25) is 0 Å². The molecule has 0 aliphatic rings. The number of aryl methyl sites for hydroxylation is 2. The maximum absolute atomic E-state index is 4.24. The van der Waals surface area contributed by atoms with Crippen molar-refractivity contribution in [2.75, 3.05) is 7.05 Å². The summed E-state index contributed by atoms with van der Waals surface area (Å²) >= 11 is 1.66. The lowest BCUT2D eigenvalue weighted by atomic mass is 10.1. The minimum absolute atomic E-state index is 0.754. The van der Waals surface area contributed by atoms with Gasteiger partial charge in [0, 0.05) is 18.5 Å². The highest BCUT2D eigenvalue weighted by Gasteiger charge is 2.03. The number of benzene rings is 1. The zero-order chi connectivity index (χ0) is 14.4. The first-order chi connectivity index (χ1) is 9.69. The predicted octanol–water partition coefficient (Wildman–Crippen LogP) is 2.63. The van der Waals surface area contributed by atoms with Gasteiger partial charge < -0.3 is 10.6 Å². The van der Waals surface area contributed by atoms with E-state index in [2.05, 4.69) is 51.8 Å². The van der Waals surface area contributed by atoms with E-state index in [9.17, 15) is 0 Å². The number of guanidine groups is 1. The molecule has 106 valence electrons. The van der Waals surface area contributed by atoms with Gasteiger partial charge in [-0.3, -0.25) is 4.99 Å². The van der Waals surface area contributed by atoms with Crippen LogP contribution in [-0.2, 0) is 13.1 Å². The first-order valence-corrected chi connectivity index (χ1v) is 7.46. The summed E-state index contributed by atoms with van der Waals surface area (Å²) in [5.74, 6) is 0.805. The second-order valence-corrected chi connectivity index (χ2v) is 5.57. The Kier molecular flexibility index (Phi) is 5.12. The second kappa shape index (κ2) is 7.05. The monoisotopic (exact) mass is 288 g/mol. The summed E-state index contributed by atoms with van der Waals surface area (Å²) in [6, 6.07) is 8.46. The van der Waals surface area contributed by atoms with E-state index in [4.69, 9.17) is 0 Å². The average molecular weight is 288 g/mol. The van der Waals surface area contributed by atoms with Gasteiger partial charge in [-0.1, -0.05) is 29.8 Å². The van der Waals surface area contributed by atoms with Crippen LogP contribution >= 0.6 is 11.3 Å². The highest BCUT2D eigenvalue weighted by molar-refractivity contribution is 7.09. The predicted molar refractivity (Wildman–Crippen MR) is 85.1 cm³/mol. The third kappa shape index (κ3) is 4.06. The smallest absolute Gasteiger partial charge is 0.191 e. The Balaban J connectivity index is 1.85. The molecule has 4 nitrogen and oxygen atoms in total. The molecule has 0 atom stereocenters. The molecule has 0 saturated carbocycles. The van der Waals surface area contributed by atoms with Crippen LogP contribution in [0, 0.1) is 13.8 Å². The molecule has 2 N–H and O–H groups in total. The van der Waals surface area contributed by atoms with Crippen LogP contribution in [0.1, 0.15) is 21.7 Å². The zero-order valence-electron chi connectivity index (χ0n) is 12.1. The normalized spacial score (nSPS) is 11.4. The van der Waals surface area contributed by atoms with E-state index in [1.807, 2.05) is 12.4 Å². The van der Waals surface area contributed by atoms with E-state index in [1.165, 1.54) is 16.0 Å². The maximum atomic E-state index is 4.24. The standard InChI is InChI=1S/C15H20N4S/c1-11-5-4-6-13(7-11)8-17-15(16-3)18-9-14-12(2)19-10-20-14/h4-7,10H,8-9H2,1-3H3,(H2,16,17,18). The van der Waals surface area contributed by atoms with E-state index in [0.29, 0.717) is 0 Å². The van der Waals surface area contributed by atoms with Gasteiger partial charge in [-0.05, 0) is 19.4 Å². The van der Waals surface area contributed by atoms with E-state index in [1.54, 1.807) is 18.4 Å². The fourth-order valence-corrected chi connectivity index (χ4v) is 2.61. The SMILES string of the molecule is CN=C(NCc1cccc(C)c1)NCc1scnc1C. The highest BCUT2D eigenvalue weighted by Crippen LogP contribution is 2.11. The molecule has 0 aliphatic heterocycles. The number of aliphatic imine (C=N–C) groups is 1. The molecule has 1 aromatic carbocycles. The van der Waals surface area contributed by atoms with Crippen molar-refractivity contribution < 1.29 is 0 Å². The van der Waals surface area contributed by atoms with E-state index < -0.39 is 0 Å². The summed E-state index contributed by atoms with van der Waals surface area (Å²) in [6.45, 7) is 5.65. The van der Waals surface area contributed by atoms with Crippen molar-refractivity contribution in [1.29, 1.82) is 0 Å². The summed E-state index contributed by atoms with van der Waals surface area (Å²) < 4.78 is 0. The summed E-state index contributed by atoms with van der Waals surface area (Å²) in [6.07, 6.45) is 0. The summed E-state index contributed by atoms with van der Waals surface area (Å²) in [4.78, 5) is 9.71. The lowest BCUT2D eigenvalue weighted by Gasteiger charge is -2.11. The van der Waals surface area contributed by atoms with Crippen molar-refractivity contribution in [3.8, 4) is 0 Å². The first-order valence-electron chi connectivity index (χ1n) is 6.58. The minimum Gasteiger partial charge on any atom is -0.352 e. The van der Waals surface area contributed by atoms with Gasteiger partial charge in [-0.2, -0.15) is 0 Å². The highest BCUT2D eigenvalue weighted by atomic mass is 32.1. The van der Waals surface area contributed by atoms with Gasteiger partial charge in [0.25, 0.3) is 0 Å². The summed E-state index contributed by atoms with van der Waals surface area (Å²) in [5.41, 5.74) is 5.47. The number of nitrogens with zero attached hydrogens (tertiary/aromatic N) is 2. The van der Waals surface area contributed by atoms with Gasteiger partial charge in [0.2, 0.25) is 0 Å². The van der Waals surface area contributed by atoms with Crippen molar-refractivity contribution >= 4 is 17.3 Å². The number of nitrogens with one attached hydrogen (secondary N) is 2. The zero-order valence-corrected chi connectivity index (χ0v) is 12.9. The van der Waals surface area contributed by atoms with Crippen LogP contribution in [0.15, 0.2) is 34.8 Å². The Morgan fingerprint density at radius 3 is 2.70 bits per heavy atom. The van der Waals surface area contributed by atoms with Crippen molar-refractivity contribution in [1.82, 2.24) is 15.6 Å². The topological polar surface area (TPSA) is 49.3 Å². The van der Waals surface area contributed by atoms with E-state index >= 15 is 0 Å². The molecule has 1 heterocycles. The molecule has 2 aromatic rings. The van der Waals surface area contributed by atoms with Gasteiger partial charge in [0.1, 0.15) is 0 Å². The first kappa shape index (κ1) is 14.5. The Bertz CT molecular complexity index is 589. The molecule has 0 aliphatic carbocycles. The lowest BCUT2D eigenvalue weighted by Crippen LogP contribution is -2.36. The van der Waals surface area contributed by atoms with E-state index in [-0.39, 0.29) is 0 Å². The number of hydrogen-bond donors (Lipinski definition) is 2. The number of thiazole rings is 1. The van der Waals surface area contributed by atoms with Gasteiger partial charge >= 0.3 is 0 Å². The second-order valence-electron chi connectivity index (χ2n) is 4.63. The average Bonchev–Trinajstić information content (AvgIpc) is 2.85. The van der Waals surface area contributed by atoms with Crippen LogP contribution < -0.4 is 10.6 Å². The maximum Gasteiger partial charge on any atom is 0.191 e. The van der Waals surface area contributed by atoms with Crippen molar-refractivity contribution in [3.63, 3.8) is 0 Å². The summed E-state index contributed by atoms with van der Waals surface area (Å²) in [7, 11) is 1.78. The molecular formula is C15H20N4S. The molecule has 0 fully saturated rings. The van der Waals surface area contributed by atoms with Crippen molar-refractivity contribution in [2.45, 2.75) is 26.9 Å². The van der Waals surface area contributed by atoms with Crippen LogP contribution in [0.3, 0.4) is 0 Å². The Hall–Kier alpha value is -1.88. The summed E-state index contributed by atoms with van der Waals surface area (Å²) in [5, 5.41) is 6.62. The fraction of sp³-hybridized carbons (Fsp3) is 0.333. The van der Waals surface area contributed by atoms with Gasteiger partial charge in [0.05, 0.1) is 17.7 Å². The number of rotatable bonds is 4. The van der Waals surface area contributed by atoms with Crippen molar-refractivity contribution in [2.24, 2.45) is 4.99 Å². The number of aromatic nitrogens is 1. The van der Waals surface area contributed by atoms with Gasteiger partial charge in [-0.15, -0.1) is 11.3 Å².